The summed E-state index contributed by atoms with van der Waals surface area (Å²) in [7, 11) is 0. The van der Waals surface area contributed by atoms with Crippen LogP contribution in [0.2, 0.25) is 0 Å². The summed E-state index contributed by atoms with van der Waals surface area (Å²) in [6.07, 6.45) is 4.60. The van der Waals surface area contributed by atoms with E-state index in [-0.39, 0.29) is 5.91 Å². The van der Waals surface area contributed by atoms with Crippen molar-refractivity contribution in [2.45, 2.75) is 43.4 Å². The Hall–Kier alpha value is -2.47. The van der Waals surface area contributed by atoms with Gasteiger partial charge in [0.15, 0.2) is 5.16 Å². The molecule has 0 spiro atoms. The third-order valence-corrected chi connectivity index (χ3v) is 5.91. The van der Waals surface area contributed by atoms with Crippen LogP contribution in [0.1, 0.15) is 25.7 Å². The van der Waals surface area contributed by atoms with Gasteiger partial charge in [-0.15, -0.1) is 0 Å². The number of para-hydroxylation sites is 3. The Labute approximate surface area is 169 Å². The van der Waals surface area contributed by atoms with Crippen molar-refractivity contribution in [3.05, 3.63) is 54.6 Å². The second-order valence-electron chi connectivity index (χ2n) is 7.03. The van der Waals surface area contributed by atoms with Crippen LogP contribution in [0.15, 0.2) is 59.8 Å². The number of hydrogen-bond donors (Lipinski definition) is 1. The Morgan fingerprint density at radius 3 is 2.68 bits per heavy atom. The highest BCUT2D eigenvalue weighted by molar-refractivity contribution is 7.99. The molecule has 5 nitrogen and oxygen atoms in total. The number of nitrogens with one attached hydrogen (secondary N) is 1. The molecule has 0 radical (unpaired) electrons. The number of benzene rings is 2. The molecule has 6 heteroatoms. The van der Waals surface area contributed by atoms with E-state index in [0.29, 0.717) is 19.2 Å². The lowest BCUT2D eigenvalue weighted by Crippen LogP contribution is -2.35. The minimum atomic E-state index is 0.0671. The van der Waals surface area contributed by atoms with Crippen molar-refractivity contribution in [3.8, 4) is 5.75 Å². The molecule has 0 aliphatic heterocycles. The summed E-state index contributed by atoms with van der Waals surface area (Å²) in [6.45, 7) is 0.894. The second kappa shape index (κ2) is 9.15. The van der Waals surface area contributed by atoms with Crippen LogP contribution in [-0.4, -0.2) is 33.9 Å². The Balaban J connectivity index is 1.41. The van der Waals surface area contributed by atoms with Crippen LogP contribution in [0.5, 0.6) is 5.75 Å². The van der Waals surface area contributed by atoms with Gasteiger partial charge in [0.05, 0.1) is 17.6 Å². The van der Waals surface area contributed by atoms with Crippen LogP contribution < -0.4 is 10.1 Å². The van der Waals surface area contributed by atoms with Gasteiger partial charge in [-0.25, -0.2) is 4.98 Å². The van der Waals surface area contributed by atoms with Gasteiger partial charge >= 0.3 is 0 Å². The molecule has 1 aromatic heterocycles. The summed E-state index contributed by atoms with van der Waals surface area (Å²) in [5.74, 6) is 1.70. The molecule has 0 saturated heterocycles. The third kappa shape index (κ3) is 4.68. The number of ether oxygens (including phenoxy) is 1. The Morgan fingerprint density at radius 2 is 1.86 bits per heavy atom. The summed E-state index contributed by atoms with van der Waals surface area (Å²) < 4.78 is 7.79. The maximum atomic E-state index is 12.6. The Kier molecular flexibility index (Phi) is 6.17. The van der Waals surface area contributed by atoms with Crippen LogP contribution in [0, 0.1) is 0 Å². The molecule has 1 heterocycles. The van der Waals surface area contributed by atoms with Crippen LogP contribution in [0.3, 0.4) is 0 Å². The molecule has 1 amide bonds. The lowest BCUT2D eigenvalue weighted by atomic mass is 10.2. The fourth-order valence-corrected chi connectivity index (χ4v) is 4.44. The molecule has 4 rings (SSSR count). The number of fused-ring (bicyclic) bond motifs is 1. The first-order valence-electron chi connectivity index (χ1n) is 9.85. The topological polar surface area (TPSA) is 56.2 Å². The fourth-order valence-electron chi connectivity index (χ4n) is 3.61. The quantitative estimate of drug-likeness (QED) is 0.457. The van der Waals surface area contributed by atoms with Crippen LogP contribution >= 0.6 is 11.8 Å². The zero-order valence-corrected chi connectivity index (χ0v) is 16.7. The van der Waals surface area contributed by atoms with E-state index in [9.17, 15) is 4.79 Å². The van der Waals surface area contributed by atoms with E-state index in [1.165, 1.54) is 12.8 Å². The van der Waals surface area contributed by atoms with Crippen molar-refractivity contribution in [2.75, 3.05) is 12.4 Å². The van der Waals surface area contributed by atoms with Crippen molar-refractivity contribution in [2.24, 2.45) is 0 Å². The first kappa shape index (κ1) is 18.9. The molecule has 28 heavy (non-hydrogen) atoms. The lowest BCUT2D eigenvalue weighted by molar-refractivity contribution is -0.122. The van der Waals surface area contributed by atoms with Crippen molar-refractivity contribution in [1.82, 2.24) is 14.9 Å². The molecule has 1 fully saturated rings. The largest absolute Gasteiger partial charge is 0.493 e. The van der Waals surface area contributed by atoms with E-state index in [1.54, 1.807) is 11.8 Å². The Bertz CT molecular complexity index is 920. The van der Waals surface area contributed by atoms with Gasteiger partial charge in [-0.2, -0.15) is 0 Å². The van der Waals surface area contributed by atoms with Gasteiger partial charge in [0.1, 0.15) is 12.3 Å². The molecule has 3 aromatic rings. The van der Waals surface area contributed by atoms with Gasteiger partial charge < -0.3 is 14.6 Å². The number of hydrogen-bond acceptors (Lipinski definition) is 4. The monoisotopic (exact) mass is 395 g/mol. The number of imidazole rings is 1. The van der Waals surface area contributed by atoms with Crippen LogP contribution in [0.4, 0.5) is 0 Å². The molecule has 2 aromatic carbocycles. The van der Waals surface area contributed by atoms with Gasteiger partial charge in [0.25, 0.3) is 0 Å². The van der Waals surface area contributed by atoms with Crippen molar-refractivity contribution in [3.63, 3.8) is 0 Å². The molecule has 0 bridgehead atoms. The molecule has 146 valence electrons. The molecule has 0 unspecified atom stereocenters. The summed E-state index contributed by atoms with van der Waals surface area (Å²) in [4.78, 5) is 17.3. The van der Waals surface area contributed by atoms with Gasteiger partial charge in [0.2, 0.25) is 5.91 Å². The summed E-state index contributed by atoms with van der Waals surface area (Å²) in [5.41, 5.74) is 1.91. The highest BCUT2D eigenvalue weighted by Gasteiger charge is 2.19. The van der Waals surface area contributed by atoms with Crippen molar-refractivity contribution >= 4 is 28.7 Å². The average molecular weight is 396 g/mol. The first-order valence-corrected chi connectivity index (χ1v) is 10.8. The van der Waals surface area contributed by atoms with E-state index in [1.807, 2.05) is 59.2 Å². The molecule has 1 aliphatic rings. The number of carbonyl (C=O) groups excluding carboxylic acids is 1. The SMILES string of the molecule is O=C(Cn1c(SCCOc2ccccc2)nc2ccccc21)NC1CCCC1. The fraction of sp³-hybridized carbons (Fsp3) is 0.364. The van der Waals surface area contributed by atoms with Crippen LogP contribution in [-0.2, 0) is 11.3 Å². The molecule has 0 atom stereocenters. The number of thioether (sulfide) groups is 1. The minimum absolute atomic E-state index is 0.0671. The summed E-state index contributed by atoms with van der Waals surface area (Å²) in [6, 6.07) is 18.1. The van der Waals surface area contributed by atoms with Gasteiger partial charge in [-0.1, -0.05) is 54.9 Å². The van der Waals surface area contributed by atoms with E-state index < -0.39 is 0 Å². The molecular weight excluding hydrogens is 370 g/mol. The third-order valence-electron chi connectivity index (χ3n) is 4.97. The van der Waals surface area contributed by atoms with Gasteiger partial charge in [-0.05, 0) is 37.1 Å². The molecular formula is C22H25N3O2S. The van der Waals surface area contributed by atoms with E-state index in [2.05, 4.69) is 5.32 Å². The molecule has 1 saturated carbocycles. The molecule has 1 aliphatic carbocycles. The summed E-state index contributed by atoms with van der Waals surface area (Å²) >= 11 is 1.62. The van der Waals surface area contributed by atoms with E-state index in [0.717, 1.165) is 40.5 Å². The number of amides is 1. The average Bonchev–Trinajstić information content (AvgIpc) is 3.34. The number of carbonyl (C=O) groups is 1. The highest BCUT2D eigenvalue weighted by Crippen LogP contribution is 2.24. The number of nitrogens with zero attached hydrogens (tertiary/aromatic N) is 2. The van der Waals surface area contributed by atoms with E-state index in [4.69, 9.17) is 9.72 Å². The standard InChI is InChI=1S/C22H25N3O2S/c26-21(23-17-8-4-5-9-17)16-25-20-13-7-6-12-19(20)24-22(25)28-15-14-27-18-10-2-1-3-11-18/h1-3,6-7,10-13,17H,4-5,8-9,14-16H2,(H,23,26). The minimum Gasteiger partial charge on any atom is -0.493 e. The van der Waals surface area contributed by atoms with Gasteiger partial charge in [0, 0.05) is 11.8 Å². The highest BCUT2D eigenvalue weighted by atomic mass is 32.2. The normalized spacial score (nSPS) is 14.4. The van der Waals surface area contributed by atoms with Crippen molar-refractivity contribution < 1.29 is 9.53 Å². The predicted molar refractivity (Wildman–Crippen MR) is 113 cm³/mol. The Morgan fingerprint density at radius 1 is 1.11 bits per heavy atom. The second-order valence-corrected chi connectivity index (χ2v) is 8.09. The predicted octanol–water partition coefficient (Wildman–Crippen LogP) is 4.27. The van der Waals surface area contributed by atoms with Crippen LogP contribution in [0.25, 0.3) is 11.0 Å². The first-order chi connectivity index (χ1) is 13.8. The zero-order chi connectivity index (χ0) is 19.2. The lowest BCUT2D eigenvalue weighted by Gasteiger charge is -2.14. The number of rotatable bonds is 8. The molecule has 1 N–H and O–H groups in total. The number of aromatic nitrogens is 2. The maximum Gasteiger partial charge on any atom is 0.240 e. The zero-order valence-electron chi connectivity index (χ0n) is 15.8. The smallest absolute Gasteiger partial charge is 0.240 e. The maximum absolute atomic E-state index is 12.6. The van der Waals surface area contributed by atoms with E-state index >= 15 is 0 Å². The van der Waals surface area contributed by atoms with Crippen molar-refractivity contribution in [1.29, 1.82) is 0 Å². The summed E-state index contributed by atoms with van der Waals surface area (Å²) in [5, 5.41) is 4.04. The van der Waals surface area contributed by atoms with Gasteiger partial charge in [-0.3, -0.25) is 4.79 Å².